The summed E-state index contributed by atoms with van der Waals surface area (Å²) in [5, 5.41) is 5.82. The van der Waals surface area contributed by atoms with Gasteiger partial charge in [0.15, 0.2) is 0 Å². The Balaban J connectivity index is 1.71. The van der Waals surface area contributed by atoms with Gasteiger partial charge in [0.05, 0.1) is 6.04 Å². The maximum Gasteiger partial charge on any atom is 0.251 e. The number of anilines is 1. The molecule has 2 N–H and O–H groups in total. The van der Waals surface area contributed by atoms with Crippen molar-refractivity contribution >= 4 is 17.5 Å². The van der Waals surface area contributed by atoms with Crippen molar-refractivity contribution in [3.8, 4) is 0 Å². The number of rotatable bonds is 3. The first-order chi connectivity index (χ1) is 11.1. The number of carbonyl (C=O) groups excluding carboxylic acids is 2. The predicted octanol–water partition coefficient (Wildman–Crippen LogP) is 3.45. The maximum absolute atomic E-state index is 12.5. The van der Waals surface area contributed by atoms with Gasteiger partial charge in [0.25, 0.3) is 5.91 Å². The number of amides is 2. The maximum atomic E-state index is 12.5. The van der Waals surface area contributed by atoms with Crippen LogP contribution >= 0.6 is 0 Å². The van der Waals surface area contributed by atoms with Crippen molar-refractivity contribution in [2.45, 2.75) is 32.2 Å². The second-order valence-electron chi connectivity index (χ2n) is 5.88. The Morgan fingerprint density at radius 2 is 1.78 bits per heavy atom. The van der Waals surface area contributed by atoms with Gasteiger partial charge in [0, 0.05) is 18.2 Å². The summed E-state index contributed by atoms with van der Waals surface area (Å²) in [6, 6.07) is 15.3. The molecule has 0 radical (unpaired) electrons. The Kier molecular flexibility index (Phi) is 4.42. The second kappa shape index (κ2) is 6.65. The lowest BCUT2D eigenvalue weighted by Crippen LogP contribution is -2.30. The van der Waals surface area contributed by atoms with E-state index in [1.165, 1.54) is 18.1 Å². The van der Waals surface area contributed by atoms with E-state index in [1.807, 2.05) is 12.1 Å². The molecule has 1 aliphatic rings. The average molecular weight is 308 g/mol. The molecule has 0 unspecified atom stereocenters. The highest BCUT2D eigenvalue weighted by atomic mass is 16.2. The molecule has 1 aliphatic carbocycles. The molecule has 118 valence electrons. The Labute approximate surface area is 135 Å². The van der Waals surface area contributed by atoms with E-state index in [9.17, 15) is 9.59 Å². The van der Waals surface area contributed by atoms with Gasteiger partial charge >= 0.3 is 0 Å². The summed E-state index contributed by atoms with van der Waals surface area (Å²) in [5.74, 6) is -0.206. The molecule has 4 nitrogen and oxygen atoms in total. The fourth-order valence-electron chi connectivity index (χ4n) is 3.05. The number of hydrogen-bond acceptors (Lipinski definition) is 2. The van der Waals surface area contributed by atoms with Crippen LogP contribution in [0.15, 0.2) is 48.5 Å². The fraction of sp³-hybridized carbons (Fsp3) is 0.263. The third-order valence-electron chi connectivity index (χ3n) is 4.14. The van der Waals surface area contributed by atoms with Gasteiger partial charge in [0.1, 0.15) is 0 Å². The van der Waals surface area contributed by atoms with Crippen LogP contribution < -0.4 is 10.6 Å². The summed E-state index contributed by atoms with van der Waals surface area (Å²) in [6.45, 7) is 1.46. The molecular weight excluding hydrogens is 288 g/mol. The molecule has 0 bridgehead atoms. The Bertz CT molecular complexity index is 722. The zero-order valence-electron chi connectivity index (χ0n) is 13.1. The van der Waals surface area contributed by atoms with Gasteiger partial charge < -0.3 is 10.6 Å². The highest BCUT2D eigenvalue weighted by molar-refractivity contribution is 5.95. The molecule has 4 heteroatoms. The van der Waals surface area contributed by atoms with Gasteiger partial charge in [-0.25, -0.2) is 0 Å². The van der Waals surface area contributed by atoms with Gasteiger partial charge in [-0.05, 0) is 54.7 Å². The number of benzene rings is 2. The minimum absolute atomic E-state index is 0.0717. The number of aryl methyl sites for hydroxylation is 1. The lowest BCUT2D eigenvalue weighted by molar-refractivity contribution is -0.114. The molecule has 23 heavy (non-hydrogen) atoms. The topological polar surface area (TPSA) is 58.2 Å². The van der Waals surface area contributed by atoms with E-state index in [0.717, 1.165) is 19.3 Å². The molecule has 0 saturated heterocycles. The Morgan fingerprint density at radius 3 is 2.52 bits per heavy atom. The van der Waals surface area contributed by atoms with Gasteiger partial charge in [-0.15, -0.1) is 0 Å². The van der Waals surface area contributed by atoms with E-state index in [2.05, 4.69) is 22.8 Å². The number of hydrogen-bond donors (Lipinski definition) is 2. The van der Waals surface area contributed by atoms with Crippen LogP contribution in [0, 0.1) is 0 Å². The lowest BCUT2D eigenvalue weighted by atomic mass is 9.87. The smallest absolute Gasteiger partial charge is 0.251 e. The van der Waals surface area contributed by atoms with Crippen molar-refractivity contribution in [3.63, 3.8) is 0 Å². The van der Waals surface area contributed by atoms with Crippen LogP contribution in [-0.2, 0) is 11.2 Å². The van der Waals surface area contributed by atoms with Gasteiger partial charge in [-0.2, -0.15) is 0 Å². The average Bonchev–Trinajstić information content (AvgIpc) is 2.55. The van der Waals surface area contributed by atoms with Crippen LogP contribution in [0.25, 0.3) is 0 Å². The van der Waals surface area contributed by atoms with Crippen molar-refractivity contribution in [3.05, 3.63) is 65.2 Å². The standard InChI is InChI=1S/C19H20N2O2/c1-13(22)20-16-11-9-15(10-12-16)19(23)21-18-8-4-6-14-5-2-3-7-17(14)18/h2-3,5,7,9-12,18H,4,6,8H2,1H3,(H,20,22)(H,21,23)/t18-/m0/s1. The van der Waals surface area contributed by atoms with Crippen LogP contribution in [0.3, 0.4) is 0 Å². The minimum atomic E-state index is -0.124. The van der Waals surface area contributed by atoms with Crippen LogP contribution in [0.4, 0.5) is 5.69 Å². The molecule has 0 saturated carbocycles. The predicted molar refractivity (Wildman–Crippen MR) is 90.3 cm³/mol. The zero-order chi connectivity index (χ0) is 16.2. The zero-order valence-corrected chi connectivity index (χ0v) is 13.1. The van der Waals surface area contributed by atoms with E-state index in [-0.39, 0.29) is 17.9 Å². The molecule has 1 atom stereocenters. The molecule has 2 aromatic rings. The van der Waals surface area contributed by atoms with E-state index in [4.69, 9.17) is 0 Å². The van der Waals surface area contributed by atoms with Crippen molar-refractivity contribution in [2.75, 3.05) is 5.32 Å². The quantitative estimate of drug-likeness (QED) is 0.912. The summed E-state index contributed by atoms with van der Waals surface area (Å²) in [7, 11) is 0. The van der Waals surface area contributed by atoms with Crippen molar-refractivity contribution in [2.24, 2.45) is 0 Å². The molecule has 3 rings (SSSR count). The SMILES string of the molecule is CC(=O)Nc1ccc(C(=O)N[C@H]2CCCc3ccccc32)cc1. The molecule has 0 heterocycles. The largest absolute Gasteiger partial charge is 0.345 e. The Hall–Kier alpha value is -2.62. The van der Waals surface area contributed by atoms with Gasteiger partial charge in [-0.1, -0.05) is 24.3 Å². The van der Waals surface area contributed by atoms with E-state index in [0.29, 0.717) is 11.3 Å². The normalized spacial score (nSPS) is 16.3. The third-order valence-corrected chi connectivity index (χ3v) is 4.14. The highest BCUT2D eigenvalue weighted by Gasteiger charge is 2.21. The number of carbonyl (C=O) groups is 2. The van der Waals surface area contributed by atoms with E-state index >= 15 is 0 Å². The summed E-state index contributed by atoms with van der Waals surface area (Å²) in [6.07, 6.45) is 3.13. The van der Waals surface area contributed by atoms with Crippen molar-refractivity contribution < 1.29 is 9.59 Å². The molecule has 0 spiro atoms. The highest BCUT2D eigenvalue weighted by Crippen LogP contribution is 2.29. The van der Waals surface area contributed by atoms with Gasteiger partial charge in [-0.3, -0.25) is 9.59 Å². The van der Waals surface area contributed by atoms with Gasteiger partial charge in [0.2, 0.25) is 5.91 Å². The first kappa shape index (κ1) is 15.3. The van der Waals surface area contributed by atoms with Crippen molar-refractivity contribution in [1.29, 1.82) is 0 Å². The molecule has 2 amide bonds. The first-order valence-electron chi connectivity index (χ1n) is 7.90. The first-order valence-corrected chi connectivity index (χ1v) is 7.90. The molecule has 2 aromatic carbocycles. The van der Waals surface area contributed by atoms with Crippen LogP contribution in [0.1, 0.15) is 47.3 Å². The lowest BCUT2D eigenvalue weighted by Gasteiger charge is -2.26. The number of fused-ring (bicyclic) bond motifs is 1. The molecule has 0 fully saturated rings. The third kappa shape index (κ3) is 3.59. The van der Waals surface area contributed by atoms with E-state index < -0.39 is 0 Å². The second-order valence-corrected chi connectivity index (χ2v) is 5.88. The molecular formula is C19H20N2O2. The summed E-state index contributed by atoms with van der Waals surface area (Å²) in [4.78, 5) is 23.5. The minimum Gasteiger partial charge on any atom is -0.345 e. The molecule has 0 aromatic heterocycles. The number of nitrogens with one attached hydrogen (secondary N) is 2. The summed E-state index contributed by atoms with van der Waals surface area (Å²) < 4.78 is 0. The van der Waals surface area contributed by atoms with E-state index in [1.54, 1.807) is 24.3 Å². The van der Waals surface area contributed by atoms with Crippen LogP contribution in [-0.4, -0.2) is 11.8 Å². The summed E-state index contributed by atoms with van der Waals surface area (Å²) in [5.41, 5.74) is 3.84. The summed E-state index contributed by atoms with van der Waals surface area (Å²) >= 11 is 0. The van der Waals surface area contributed by atoms with Crippen molar-refractivity contribution in [1.82, 2.24) is 5.32 Å². The van der Waals surface area contributed by atoms with Crippen LogP contribution in [0.5, 0.6) is 0 Å². The molecule has 0 aliphatic heterocycles. The Morgan fingerprint density at radius 1 is 1.04 bits per heavy atom. The van der Waals surface area contributed by atoms with Crippen LogP contribution in [0.2, 0.25) is 0 Å². The monoisotopic (exact) mass is 308 g/mol. The fourth-order valence-corrected chi connectivity index (χ4v) is 3.05.